The quantitative estimate of drug-likeness (QED) is 0.655. The molecule has 29 heavy (non-hydrogen) atoms. The normalized spacial score (nSPS) is 11.3. The van der Waals surface area contributed by atoms with Crippen LogP contribution in [-0.4, -0.2) is 24.1 Å². The molecule has 6 heteroatoms. The second-order valence-corrected chi connectivity index (χ2v) is 7.80. The molecular weight excluding hydrogens is 368 g/mol. The van der Waals surface area contributed by atoms with E-state index >= 15 is 0 Å². The molecule has 1 aromatic heterocycles. The smallest absolute Gasteiger partial charge is 0.262 e. The standard InChI is InChI=1S/C23H26N2O4/c1-5-28-16-7-9-17(10-8-16)29-14-22(27)24-15-6-11-18-19(23(2,3)4)13-21(26)25-20(18)12-15/h6-13H,5,14H2,1-4H3,(H,24,27)(H,25,26). The van der Waals surface area contributed by atoms with Crippen LogP contribution in [0, 0.1) is 0 Å². The van der Waals surface area contributed by atoms with Gasteiger partial charge >= 0.3 is 0 Å². The van der Waals surface area contributed by atoms with Crippen LogP contribution in [0.5, 0.6) is 11.5 Å². The molecule has 3 rings (SSSR count). The molecule has 152 valence electrons. The maximum Gasteiger partial charge on any atom is 0.262 e. The average molecular weight is 394 g/mol. The van der Waals surface area contributed by atoms with Crippen molar-refractivity contribution in [2.45, 2.75) is 33.1 Å². The zero-order valence-electron chi connectivity index (χ0n) is 17.2. The van der Waals surface area contributed by atoms with Gasteiger partial charge in [0.15, 0.2) is 6.61 Å². The first-order valence-corrected chi connectivity index (χ1v) is 9.59. The van der Waals surface area contributed by atoms with E-state index in [-0.39, 0.29) is 23.5 Å². The number of nitrogens with one attached hydrogen (secondary N) is 2. The van der Waals surface area contributed by atoms with E-state index in [0.29, 0.717) is 23.6 Å². The number of fused-ring (bicyclic) bond motifs is 1. The number of H-pyrrole nitrogens is 1. The third-order valence-electron chi connectivity index (χ3n) is 4.44. The number of hydrogen-bond acceptors (Lipinski definition) is 4. The van der Waals surface area contributed by atoms with E-state index in [1.165, 1.54) is 0 Å². The summed E-state index contributed by atoms with van der Waals surface area (Å²) in [5, 5.41) is 3.76. The van der Waals surface area contributed by atoms with Crippen molar-refractivity contribution >= 4 is 22.5 Å². The molecule has 0 saturated heterocycles. The molecule has 1 amide bonds. The Labute approximate surface area is 169 Å². The van der Waals surface area contributed by atoms with Gasteiger partial charge in [-0.25, -0.2) is 0 Å². The van der Waals surface area contributed by atoms with Crippen LogP contribution in [0.2, 0.25) is 0 Å². The third kappa shape index (κ3) is 5.16. The van der Waals surface area contributed by atoms with E-state index in [4.69, 9.17) is 9.47 Å². The minimum Gasteiger partial charge on any atom is -0.494 e. The molecule has 0 fully saturated rings. The molecule has 2 aromatic carbocycles. The highest BCUT2D eigenvalue weighted by Crippen LogP contribution is 2.29. The van der Waals surface area contributed by atoms with E-state index in [0.717, 1.165) is 16.7 Å². The number of pyridine rings is 1. The first-order valence-electron chi connectivity index (χ1n) is 9.59. The molecule has 3 aromatic rings. The van der Waals surface area contributed by atoms with E-state index in [1.807, 2.05) is 19.1 Å². The number of carbonyl (C=O) groups excluding carboxylic acids is 1. The molecule has 0 aliphatic rings. The van der Waals surface area contributed by atoms with E-state index < -0.39 is 0 Å². The Kier molecular flexibility index (Phi) is 5.92. The van der Waals surface area contributed by atoms with E-state index in [1.54, 1.807) is 36.4 Å². The second-order valence-electron chi connectivity index (χ2n) is 7.80. The van der Waals surface area contributed by atoms with Gasteiger partial charge in [0.1, 0.15) is 11.5 Å². The SMILES string of the molecule is CCOc1ccc(OCC(=O)Nc2ccc3c(C(C)(C)C)cc(=O)[nH]c3c2)cc1. The van der Waals surface area contributed by atoms with Gasteiger partial charge in [-0.1, -0.05) is 26.8 Å². The maximum atomic E-state index is 12.3. The van der Waals surface area contributed by atoms with Gasteiger partial charge < -0.3 is 19.8 Å². The fraction of sp³-hybridized carbons (Fsp3) is 0.304. The summed E-state index contributed by atoms with van der Waals surface area (Å²) in [5.74, 6) is 1.05. The van der Waals surface area contributed by atoms with Crippen molar-refractivity contribution in [2.24, 2.45) is 0 Å². The number of aromatic amines is 1. The molecule has 1 heterocycles. The van der Waals surface area contributed by atoms with Gasteiger partial charge in [0.25, 0.3) is 5.91 Å². The van der Waals surface area contributed by atoms with Gasteiger partial charge in [-0.15, -0.1) is 0 Å². The van der Waals surface area contributed by atoms with Crippen molar-refractivity contribution in [3.63, 3.8) is 0 Å². The summed E-state index contributed by atoms with van der Waals surface area (Å²) >= 11 is 0. The van der Waals surface area contributed by atoms with Gasteiger partial charge in [-0.2, -0.15) is 0 Å². The molecule has 0 bridgehead atoms. The van der Waals surface area contributed by atoms with Gasteiger partial charge in [0, 0.05) is 17.1 Å². The Balaban J connectivity index is 1.69. The van der Waals surface area contributed by atoms with Crippen LogP contribution in [0.25, 0.3) is 10.9 Å². The Morgan fingerprint density at radius 1 is 1.00 bits per heavy atom. The van der Waals surface area contributed by atoms with Crippen LogP contribution in [-0.2, 0) is 10.2 Å². The van der Waals surface area contributed by atoms with E-state index in [9.17, 15) is 9.59 Å². The molecule has 2 N–H and O–H groups in total. The molecule has 0 spiro atoms. The lowest BCUT2D eigenvalue weighted by molar-refractivity contribution is -0.118. The molecule has 0 aliphatic heterocycles. The summed E-state index contributed by atoms with van der Waals surface area (Å²) in [4.78, 5) is 27.1. The maximum absolute atomic E-state index is 12.3. The second kappa shape index (κ2) is 8.39. The highest BCUT2D eigenvalue weighted by molar-refractivity contribution is 5.95. The Hall–Kier alpha value is -3.28. The first kappa shape index (κ1) is 20.5. The number of rotatable bonds is 6. The van der Waals surface area contributed by atoms with Crippen LogP contribution in [0.15, 0.2) is 53.3 Å². The lowest BCUT2D eigenvalue weighted by Gasteiger charge is -2.21. The van der Waals surface area contributed by atoms with Crippen LogP contribution in [0.3, 0.4) is 0 Å². The fourth-order valence-electron chi connectivity index (χ4n) is 3.10. The van der Waals surface area contributed by atoms with Crippen molar-refractivity contribution in [1.82, 2.24) is 4.98 Å². The topological polar surface area (TPSA) is 80.4 Å². The number of benzene rings is 2. The van der Waals surface area contributed by atoms with Gasteiger partial charge in [0.2, 0.25) is 5.56 Å². The van der Waals surface area contributed by atoms with Crippen molar-refractivity contribution in [3.05, 3.63) is 64.4 Å². The molecule has 0 atom stereocenters. The largest absolute Gasteiger partial charge is 0.494 e. The zero-order chi connectivity index (χ0) is 21.0. The van der Waals surface area contributed by atoms with Gasteiger partial charge in [0.05, 0.1) is 12.1 Å². The minimum atomic E-state index is -0.285. The van der Waals surface area contributed by atoms with Gasteiger partial charge in [-0.3, -0.25) is 9.59 Å². The summed E-state index contributed by atoms with van der Waals surface area (Å²) in [5.41, 5.74) is 1.92. The molecular formula is C23H26N2O4. The van der Waals surface area contributed by atoms with Crippen molar-refractivity contribution in [1.29, 1.82) is 0 Å². The molecule has 0 saturated carbocycles. The summed E-state index contributed by atoms with van der Waals surface area (Å²) in [6.07, 6.45) is 0. The number of aromatic nitrogens is 1. The van der Waals surface area contributed by atoms with Crippen LogP contribution >= 0.6 is 0 Å². The lowest BCUT2D eigenvalue weighted by Crippen LogP contribution is -2.20. The van der Waals surface area contributed by atoms with Crippen molar-refractivity contribution < 1.29 is 14.3 Å². The average Bonchev–Trinajstić information content (AvgIpc) is 2.66. The summed E-state index contributed by atoms with van der Waals surface area (Å²) in [7, 11) is 0. The number of amides is 1. The number of hydrogen-bond donors (Lipinski definition) is 2. The van der Waals surface area contributed by atoms with Crippen LogP contribution in [0.4, 0.5) is 5.69 Å². The third-order valence-corrected chi connectivity index (χ3v) is 4.44. The Morgan fingerprint density at radius 3 is 2.28 bits per heavy atom. The Bertz CT molecular complexity index is 1060. The summed E-state index contributed by atoms with van der Waals surface area (Å²) in [6.45, 7) is 8.59. The monoisotopic (exact) mass is 394 g/mol. The summed E-state index contributed by atoms with van der Waals surface area (Å²) < 4.78 is 10.9. The summed E-state index contributed by atoms with van der Waals surface area (Å²) in [6, 6.07) is 14.2. The minimum absolute atomic E-state index is 0.120. The highest BCUT2D eigenvalue weighted by Gasteiger charge is 2.18. The van der Waals surface area contributed by atoms with E-state index in [2.05, 4.69) is 31.1 Å². The Morgan fingerprint density at radius 2 is 1.66 bits per heavy atom. The highest BCUT2D eigenvalue weighted by atomic mass is 16.5. The molecule has 0 aliphatic carbocycles. The van der Waals surface area contributed by atoms with Crippen LogP contribution < -0.4 is 20.3 Å². The first-order chi connectivity index (χ1) is 13.8. The number of anilines is 1. The molecule has 6 nitrogen and oxygen atoms in total. The number of ether oxygens (including phenoxy) is 2. The van der Waals surface area contributed by atoms with Crippen molar-refractivity contribution in [3.8, 4) is 11.5 Å². The molecule has 0 unspecified atom stereocenters. The predicted octanol–water partition coefficient (Wildman–Crippen LogP) is 4.24. The lowest BCUT2D eigenvalue weighted by atomic mass is 9.85. The number of carbonyl (C=O) groups is 1. The predicted molar refractivity (Wildman–Crippen MR) is 115 cm³/mol. The molecule has 0 radical (unpaired) electrons. The zero-order valence-corrected chi connectivity index (χ0v) is 17.2. The van der Waals surface area contributed by atoms with Crippen LogP contribution in [0.1, 0.15) is 33.3 Å². The fourth-order valence-corrected chi connectivity index (χ4v) is 3.10. The van der Waals surface area contributed by atoms with Crippen molar-refractivity contribution in [2.75, 3.05) is 18.5 Å². The van der Waals surface area contributed by atoms with Gasteiger partial charge in [-0.05, 0) is 54.3 Å².